The Morgan fingerprint density at radius 3 is 2.75 bits per heavy atom. The van der Waals surface area contributed by atoms with E-state index in [0.717, 1.165) is 11.8 Å². The molecule has 0 bridgehead atoms. The van der Waals surface area contributed by atoms with Gasteiger partial charge in [0.2, 0.25) is 0 Å². The van der Waals surface area contributed by atoms with E-state index in [2.05, 4.69) is 15.0 Å². The predicted molar refractivity (Wildman–Crippen MR) is 76.8 cm³/mol. The first kappa shape index (κ1) is 14.9. The highest BCUT2D eigenvalue weighted by atomic mass is 32.2. The number of nitrogens with one attached hydrogen (secondary N) is 2. The third kappa shape index (κ3) is 3.33. The molecule has 2 aromatic rings. The number of aromatic nitrogens is 1. The van der Waals surface area contributed by atoms with Crippen LogP contribution in [0.2, 0.25) is 0 Å². The van der Waals surface area contributed by atoms with Crippen molar-refractivity contribution in [3.05, 3.63) is 40.7 Å². The van der Waals surface area contributed by atoms with Gasteiger partial charge in [0, 0.05) is 11.9 Å². The SMILES string of the molecule is CNCc1ccc(F)cc1S(=O)(=O)Nc1nc(C)cs1. The van der Waals surface area contributed by atoms with Gasteiger partial charge in [-0.15, -0.1) is 11.3 Å². The molecule has 0 aliphatic heterocycles. The minimum absolute atomic E-state index is 0.0836. The normalized spacial score (nSPS) is 11.6. The van der Waals surface area contributed by atoms with E-state index < -0.39 is 15.8 Å². The van der Waals surface area contributed by atoms with E-state index in [1.54, 1.807) is 19.4 Å². The minimum Gasteiger partial charge on any atom is -0.316 e. The lowest BCUT2D eigenvalue weighted by atomic mass is 10.2. The van der Waals surface area contributed by atoms with Crippen molar-refractivity contribution in [2.75, 3.05) is 11.8 Å². The van der Waals surface area contributed by atoms with Crippen molar-refractivity contribution in [2.24, 2.45) is 0 Å². The van der Waals surface area contributed by atoms with E-state index in [4.69, 9.17) is 0 Å². The van der Waals surface area contributed by atoms with Gasteiger partial charge in [-0.2, -0.15) is 0 Å². The van der Waals surface area contributed by atoms with Crippen LogP contribution in [-0.4, -0.2) is 20.4 Å². The number of sulfonamides is 1. The number of anilines is 1. The Kier molecular flexibility index (Phi) is 4.36. The standard InChI is InChI=1S/C12H14FN3O2S2/c1-8-7-19-12(15-8)16-20(17,18)11-5-10(13)4-3-9(11)6-14-2/h3-5,7,14H,6H2,1-2H3,(H,15,16). The van der Waals surface area contributed by atoms with Crippen molar-refractivity contribution in [1.29, 1.82) is 0 Å². The molecule has 5 nitrogen and oxygen atoms in total. The number of hydrogen-bond acceptors (Lipinski definition) is 5. The smallest absolute Gasteiger partial charge is 0.264 e. The summed E-state index contributed by atoms with van der Waals surface area (Å²) >= 11 is 1.18. The molecule has 8 heteroatoms. The number of thiazole rings is 1. The molecule has 0 amide bonds. The third-order valence-corrected chi connectivity index (χ3v) is 4.95. The van der Waals surface area contributed by atoms with E-state index in [0.29, 0.717) is 12.1 Å². The lowest BCUT2D eigenvalue weighted by molar-refractivity contribution is 0.592. The summed E-state index contributed by atoms with van der Waals surface area (Å²) in [6.07, 6.45) is 0. The fourth-order valence-corrected chi connectivity index (χ4v) is 3.88. The van der Waals surface area contributed by atoms with Crippen LogP contribution in [0, 0.1) is 12.7 Å². The summed E-state index contributed by atoms with van der Waals surface area (Å²) in [5, 5.41) is 4.86. The summed E-state index contributed by atoms with van der Waals surface area (Å²) in [6, 6.07) is 3.70. The minimum atomic E-state index is -3.86. The summed E-state index contributed by atoms with van der Waals surface area (Å²) in [6.45, 7) is 2.09. The number of benzene rings is 1. The van der Waals surface area contributed by atoms with E-state index in [-0.39, 0.29) is 10.0 Å². The molecule has 108 valence electrons. The number of rotatable bonds is 5. The van der Waals surface area contributed by atoms with Gasteiger partial charge in [-0.3, -0.25) is 4.72 Å². The first-order chi connectivity index (χ1) is 9.42. The van der Waals surface area contributed by atoms with Gasteiger partial charge in [0.05, 0.1) is 10.6 Å². The maximum atomic E-state index is 13.3. The molecule has 0 saturated heterocycles. The molecule has 1 heterocycles. The number of nitrogens with zero attached hydrogens (tertiary/aromatic N) is 1. The molecule has 0 fully saturated rings. The maximum absolute atomic E-state index is 13.3. The van der Waals surface area contributed by atoms with Crippen LogP contribution < -0.4 is 10.0 Å². The molecular weight excluding hydrogens is 301 g/mol. The molecule has 20 heavy (non-hydrogen) atoms. The summed E-state index contributed by atoms with van der Waals surface area (Å²) in [4.78, 5) is 3.95. The highest BCUT2D eigenvalue weighted by molar-refractivity contribution is 7.93. The second-order valence-electron chi connectivity index (χ2n) is 4.18. The third-order valence-electron chi connectivity index (χ3n) is 2.53. The zero-order chi connectivity index (χ0) is 14.8. The van der Waals surface area contributed by atoms with E-state index >= 15 is 0 Å². The van der Waals surface area contributed by atoms with Crippen molar-refractivity contribution in [3.63, 3.8) is 0 Å². The van der Waals surface area contributed by atoms with Gasteiger partial charge in [-0.25, -0.2) is 17.8 Å². The first-order valence-electron chi connectivity index (χ1n) is 5.80. The molecule has 2 N–H and O–H groups in total. The van der Waals surface area contributed by atoms with Crippen LogP contribution in [0.15, 0.2) is 28.5 Å². The zero-order valence-electron chi connectivity index (χ0n) is 11.0. The molecule has 0 saturated carbocycles. The maximum Gasteiger partial charge on any atom is 0.264 e. The van der Waals surface area contributed by atoms with Crippen molar-refractivity contribution >= 4 is 26.5 Å². The molecule has 0 radical (unpaired) electrons. The van der Waals surface area contributed by atoms with Crippen molar-refractivity contribution in [2.45, 2.75) is 18.4 Å². The van der Waals surface area contributed by atoms with Crippen LogP contribution in [0.3, 0.4) is 0 Å². The first-order valence-corrected chi connectivity index (χ1v) is 8.16. The number of hydrogen-bond donors (Lipinski definition) is 2. The van der Waals surface area contributed by atoms with Crippen molar-refractivity contribution in [3.8, 4) is 0 Å². The molecule has 0 unspecified atom stereocenters. The fourth-order valence-electron chi connectivity index (χ4n) is 1.69. The van der Waals surface area contributed by atoms with Gasteiger partial charge in [0.25, 0.3) is 10.0 Å². The Morgan fingerprint density at radius 2 is 2.15 bits per heavy atom. The molecule has 2 rings (SSSR count). The number of halogens is 1. The Morgan fingerprint density at radius 1 is 1.40 bits per heavy atom. The second-order valence-corrected chi connectivity index (χ2v) is 6.69. The van der Waals surface area contributed by atoms with Gasteiger partial charge in [0.1, 0.15) is 5.82 Å². The Labute approximate surface area is 120 Å². The molecule has 0 atom stereocenters. The Hall–Kier alpha value is -1.51. The van der Waals surface area contributed by atoms with E-state index in [1.807, 2.05) is 0 Å². The second kappa shape index (κ2) is 5.86. The topological polar surface area (TPSA) is 71.1 Å². The molecular formula is C12H14FN3O2S2. The highest BCUT2D eigenvalue weighted by Crippen LogP contribution is 2.23. The molecule has 0 aliphatic rings. The predicted octanol–water partition coefficient (Wildman–Crippen LogP) is 2.11. The zero-order valence-corrected chi connectivity index (χ0v) is 12.6. The van der Waals surface area contributed by atoms with Crippen molar-refractivity contribution < 1.29 is 12.8 Å². The van der Waals surface area contributed by atoms with Crippen LogP contribution >= 0.6 is 11.3 Å². The molecule has 1 aromatic heterocycles. The quantitative estimate of drug-likeness (QED) is 0.886. The van der Waals surface area contributed by atoms with Crippen LogP contribution in [-0.2, 0) is 16.6 Å². The average Bonchev–Trinajstić information content (AvgIpc) is 2.76. The van der Waals surface area contributed by atoms with Gasteiger partial charge in [-0.05, 0) is 31.7 Å². The summed E-state index contributed by atoms with van der Waals surface area (Å²) in [7, 11) is -2.17. The summed E-state index contributed by atoms with van der Waals surface area (Å²) in [5.41, 5.74) is 1.22. The van der Waals surface area contributed by atoms with Gasteiger partial charge < -0.3 is 5.32 Å². The lowest BCUT2D eigenvalue weighted by Crippen LogP contribution is -2.17. The average molecular weight is 315 g/mol. The molecule has 1 aromatic carbocycles. The van der Waals surface area contributed by atoms with Crippen LogP contribution in [0.1, 0.15) is 11.3 Å². The van der Waals surface area contributed by atoms with Gasteiger partial charge >= 0.3 is 0 Å². The highest BCUT2D eigenvalue weighted by Gasteiger charge is 2.20. The fraction of sp³-hybridized carbons (Fsp3) is 0.250. The summed E-state index contributed by atoms with van der Waals surface area (Å²) in [5.74, 6) is -0.597. The van der Waals surface area contributed by atoms with Crippen molar-refractivity contribution in [1.82, 2.24) is 10.3 Å². The van der Waals surface area contributed by atoms with Crippen LogP contribution in [0.25, 0.3) is 0 Å². The van der Waals surface area contributed by atoms with Gasteiger partial charge in [0.15, 0.2) is 5.13 Å². The van der Waals surface area contributed by atoms with Gasteiger partial charge in [-0.1, -0.05) is 6.07 Å². The Balaban J connectivity index is 2.40. The summed E-state index contributed by atoms with van der Waals surface area (Å²) < 4.78 is 40.3. The number of aryl methyl sites for hydroxylation is 1. The van der Waals surface area contributed by atoms with Crippen LogP contribution in [0.4, 0.5) is 9.52 Å². The molecule has 0 spiro atoms. The van der Waals surface area contributed by atoms with E-state index in [1.165, 1.54) is 23.5 Å². The van der Waals surface area contributed by atoms with E-state index in [9.17, 15) is 12.8 Å². The lowest BCUT2D eigenvalue weighted by Gasteiger charge is -2.10. The van der Waals surface area contributed by atoms with Crippen LogP contribution in [0.5, 0.6) is 0 Å². The Bertz CT molecular complexity index is 713. The monoisotopic (exact) mass is 315 g/mol. The largest absolute Gasteiger partial charge is 0.316 e. The molecule has 0 aliphatic carbocycles.